The van der Waals surface area contributed by atoms with Gasteiger partial charge in [-0.2, -0.15) is 26.2 Å². The summed E-state index contributed by atoms with van der Waals surface area (Å²) in [6, 6.07) is 0. The summed E-state index contributed by atoms with van der Waals surface area (Å²) in [5.74, 6) is 0. The molecule has 0 aliphatic rings. The Bertz CT molecular complexity index is 38.0. The van der Waals surface area contributed by atoms with Crippen molar-refractivity contribution < 1.29 is 57.8 Å². The molecule has 0 aliphatic carbocycles. The maximum Gasteiger partial charge on any atom is 3.00 e. The molecule has 0 amide bonds. The number of halogens is 1. The second-order valence-electron chi connectivity index (χ2n) is 1.71. The van der Waals surface area contributed by atoms with Crippen molar-refractivity contribution in [2.45, 2.75) is 27.7 Å². The molecule has 0 unspecified atom stereocenters. The molecule has 0 atom stereocenters. The Morgan fingerprint density at radius 3 is 0.833 bits per heavy atom. The smallest absolute Gasteiger partial charge is 1.00 e. The Morgan fingerprint density at radius 2 is 0.833 bits per heavy atom. The van der Waals surface area contributed by atoms with Gasteiger partial charge in [-0.25, -0.2) is 0 Å². The van der Waals surface area contributed by atoms with Crippen LogP contribution in [0.5, 0.6) is 0 Å². The van der Waals surface area contributed by atoms with Gasteiger partial charge in [0.05, 0.1) is 0 Å². The van der Waals surface area contributed by atoms with E-state index in [0.717, 1.165) is 26.2 Å². The summed E-state index contributed by atoms with van der Waals surface area (Å²) in [7, 11) is 0. The van der Waals surface area contributed by atoms with Crippen LogP contribution in [0.2, 0.25) is 0 Å². The van der Waals surface area contributed by atoms with E-state index in [4.69, 9.17) is 0 Å². The molecular weight excluding hydrogens is 348 g/mol. The number of rotatable bonds is 4. The monoisotopic (exact) mass is 365 g/mol. The van der Waals surface area contributed by atoms with Gasteiger partial charge in [0.2, 0.25) is 0 Å². The van der Waals surface area contributed by atoms with Crippen molar-refractivity contribution >= 4 is 0 Å². The summed E-state index contributed by atoms with van der Waals surface area (Å²) < 4.78 is 0. The van der Waals surface area contributed by atoms with E-state index in [1.807, 2.05) is 27.7 Å². The summed E-state index contributed by atoms with van der Waals surface area (Å²) in [6.07, 6.45) is 0. The van der Waals surface area contributed by atoms with Crippen LogP contribution >= 0.6 is 0 Å². The van der Waals surface area contributed by atoms with Gasteiger partial charge < -0.3 is 27.6 Å². The second kappa shape index (κ2) is 29.3. The Labute approximate surface area is 121 Å². The van der Waals surface area contributed by atoms with Crippen LogP contribution in [0, 0.1) is 40.8 Å². The molecule has 0 bridgehead atoms. The summed E-state index contributed by atoms with van der Waals surface area (Å²) in [5, 5.41) is 7.94. The van der Waals surface area contributed by atoms with E-state index in [1.165, 1.54) is 0 Å². The quantitative estimate of drug-likeness (QED) is 0.658. The van der Waals surface area contributed by atoms with Crippen molar-refractivity contribution in [1.29, 1.82) is 0 Å². The van der Waals surface area contributed by atoms with Crippen LogP contribution in [0.25, 0.3) is 10.6 Å². The van der Waals surface area contributed by atoms with E-state index >= 15 is 0 Å². The third-order valence-electron chi connectivity index (χ3n) is 0.894. The average molecular weight is 368 g/mol. The molecule has 0 spiro atoms. The SMILES string of the molecule is CC[N-]CC.CC[N-]CC.[Br-].[Nd+3]. The molecule has 0 saturated heterocycles. The minimum Gasteiger partial charge on any atom is -1.00 e. The number of nitrogens with zero attached hydrogens (tertiary/aromatic N) is 2. The Kier molecular flexibility index (Phi) is 57.4. The Morgan fingerprint density at radius 1 is 0.667 bits per heavy atom. The fourth-order valence-corrected chi connectivity index (χ4v) is 0.447. The minimum absolute atomic E-state index is 0. The van der Waals surface area contributed by atoms with Gasteiger partial charge in [0, 0.05) is 0 Å². The Balaban J connectivity index is -0.0000000457. The second-order valence-corrected chi connectivity index (χ2v) is 1.71. The maximum absolute atomic E-state index is 3.97. The maximum atomic E-state index is 3.97. The standard InChI is InChI=1S/2C4H10N.BrH.Nd/c2*1-3-5-4-2;;/h2*3-4H2,1-2H3;1H;/q2*-1;;+3/p-1. The zero-order chi connectivity index (χ0) is 8.24. The summed E-state index contributed by atoms with van der Waals surface area (Å²) in [4.78, 5) is 0. The van der Waals surface area contributed by atoms with Crippen LogP contribution in [0.1, 0.15) is 27.7 Å². The van der Waals surface area contributed by atoms with E-state index in [2.05, 4.69) is 10.6 Å². The van der Waals surface area contributed by atoms with E-state index in [0.29, 0.717) is 0 Å². The average Bonchev–Trinajstić information content (AvgIpc) is 1.93. The van der Waals surface area contributed by atoms with Crippen molar-refractivity contribution in [3.05, 3.63) is 10.6 Å². The first-order valence-corrected chi connectivity index (χ1v) is 4.09. The Hall–Kier alpha value is 1.75. The van der Waals surface area contributed by atoms with Crippen LogP contribution < -0.4 is 17.0 Å². The predicted molar refractivity (Wildman–Crippen MR) is 48.9 cm³/mol. The van der Waals surface area contributed by atoms with Gasteiger partial charge in [0.1, 0.15) is 0 Å². The fourth-order valence-electron chi connectivity index (χ4n) is 0.447. The van der Waals surface area contributed by atoms with Gasteiger partial charge >= 0.3 is 40.8 Å². The molecule has 12 heavy (non-hydrogen) atoms. The molecule has 4 heteroatoms. The number of hydrogen-bond donors (Lipinski definition) is 0. The zero-order valence-corrected chi connectivity index (χ0v) is 13.4. The van der Waals surface area contributed by atoms with Gasteiger partial charge in [-0.3, -0.25) is 0 Å². The van der Waals surface area contributed by atoms with Gasteiger partial charge in [-0.05, 0) is 0 Å². The van der Waals surface area contributed by atoms with Crippen molar-refractivity contribution in [2.75, 3.05) is 26.2 Å². The fraction of sp³-hybridized carbons (Fsp3) is 1.00. The van der Waals surface area contributed by atoms with Crippen LogP contribution in [0.15, 0.2) is 0 Å². The molecule has 0 rings (SSSR count). The van der Waals surface area contributed by atoms with Crippen LogP contribution in [-0.4, -0.2) is 26.2 Å². The summed E-state index contributed by atoms with van der Waals surface area (Å²) >= 11 is 0. The van der Waals surface area contributed by atoms with Crippen LogP contribution in [0.3, 0.4) is 0 Å². The van der Waals surface area contributed by atoms with Gasteiger partial charge in [0.25, 0.3) is 0 Å². The molecule has 0 aliphatic heterocycles. The van der Waals surface area contributed by atoms with Gasteiger partial charge in [-0.1, -0.05) is 27.7 Å². The molecule has 1 radical (unpaired) electrons. The number of hydrogen-bond acceptors (Lipinski definition) is 0. The van der Waals surface area contributed by atoms with E-state index in [9.17, 15) is 0 Å². The first-order valence-electron chi connectivity index (χ1n) is 4.09. The van der Waals surface area contributed by atoms with E-state index in [1.54, 1.807) is 0 Å². The molecule has 0 saturated carbocycles. The van der Waals surface area contributed by atoms with Crippen molar-refractivity contribution in [3.63, 3.8) is 0 Å². The minimum atomic E-state index is 0. The van der Waals surface area contributed by atoms with Crippen molar-refractivity contribution in [2.24, 2.45) is 0 Å². The predicted octanol–water partition coefficient (Wildman–Crippen LogP) is -0.196. The molecule has 0 N–H and O–H groups in total. The molecule has 0 aromatic heterocycles. The molecule has 0 heterocycles. The molecular formula is C8H20BrN2Nd. The van der Waals surface area contributed by atoms with E-state index < -0.39 is 0 Å². The molecule has 0 fully saturated rings. The topological polar surface area (TPSA) is 28.2 Å². The van der Waals surface area contributed by atoms with Gasteiger partial charge in [0.15, 0.2) is 0 Å². The van der Waals surface area contributed by atoms with E-state index in [-0.39, 0.29) is 57.8 Å². The molecule has 73 valence electrons. The molecule has 0 aromatic carbocycles. The summed E-state index contributed by atoms with van der Waals surface area (Å²) in [6.45, 7) is 12.1. The third kappa shape index (κ3) is 41.1. The normalized spacial score (nSPS) is 7.00. The zero-order valence-electron chi connectivity index (χ0n) is 8.60. The summed E-state index contributed by atoms with van der Waals surface area (Å²) in [5.41, 5.74) is 0. The molecule has 0 aromatic rings. The first-order chi connectivity index (χ1) is 4.83. The third-order valence-corrected chi connectivity index (χ3v) is 0.894. The van der Waals surface area contributed by atoms with Crippen LogP contribution in [-0.2, 0) is 0 Å². The van der Waals surface area contributed by atoms with Crippen LogP contribution in [0.4, 0.5) is 0 Å². The molecule has 2 nitrogen and oxygen atoms in total. The van der Waals surface area contributed by atoms with Crippen molar-refractivity contribution in [1.82, 2.24) is 0 Å². The first kappa shape index (κ1) is 23.5. The largest absolute Gasteiger partial charge is 3.00 e. The van der Waals surface area contributed by atoms with Crippen molar-refractivity contribution in [3.8, 4) is 0 Å². The van der Waals surface area contributed by atoms with Gasteiger partial charge in [-0.15, -0.1) is 0 Å².